The van der Waals surface area contributed by atoms with E-state index < -0.39 is 10.0 Å². The zero-order valence-electron chi connectivity index (χ0n) is 12.0. The molecule has 0 saturated heterocycles. The third-order valence-electron chi connectivity index (χ3n) is 3.08. The molecule has 0 saturated carbocycles. The highest BCUT2D eigenvalue weighted by Gasteiger charge is 2.23. The molecule has 1 unspecified atom stereocenters. The topological polar surface area (TPSA) is 58.2 Å². The summed E-state index contributed by atoms with van der Waals surface area (Å²) in [4.78, 5) is 0.0180. The Morgan fingerprint density at radius 3 is 2.30 bits per heavy atom. The molecule has 0 aliphatic heterocycles. The van der Waals surface area contributed by atoms with Gasteiger partial charge in [0.15, 0.2) is 0 Å². The maximum absolute atomic E-state index is 12.4. The van der Waals surface area contributed by atoms with Crippen molar-refractivity contribution >= 4 is 33.2 Å². The second-order valence-electron chi connectivity index (χ2n) is 5.06. The monoisotopic (exact) mass is 338 g/mol. The third-order valence-corrected chi connectivity index (χ3v) is 5.44. The lowest BCUT2D eigenvalue weighted by atomic mass is 10.1. The van der Waals surface area contributed by atoms with Crippen LogP contribution in [0.5, 0.6) is 0 Å². The van der Waals surface area contributed by atoms with Crippen LogP contribution in [0.2, 0.25) is 10.0 Å². The van der Waals surface area contributed by atoms with E-state index in [1.54, 1.807) is 13.1 Å². The van der Waals surface area contributed by atoms with Crippen LogP contribution in [0.3, 0.4) is 0 Å². The molecular weight excluding hydrogens is 319 g/mol. The normalized spacial score (nSPS) is 13.8. The van der Waals surface area contributed by atoms with Crippen molar-refractivity contribution in [3.05, 3.63) is 27.7 Å². The molecular formula is C13H20Cl2N2O2S. The van der Waals surface area contributed by atoms with Crippen LogP contribution in [0.15, 0.2) is 17.0 Å². The minimum absolute atomic E-state index is 0.0180. The van der Waals surface area contributed by atoms with Crippen molar-refractivity contribution in [1.29, 1.82) is 0 Å². The minimum Gasteiger partial charge on any atom is -0.316 e. The summed E-state index contributed by atoms with van der Waals surface area (Å²) < 4.78 is 27.4. The second-order valence-corrected chi connectivity index (χ2v) is 7.56. The summed E-state index contributed by atoms with van der Waals surface area (Å²) in [5.41, 5.74) is 0.652. The number of nitrogens with one attached hydrogen (secondary N) is 2. The molecule has 0 aliphatic carbocycles. The Morgan fingerprint density at radius 2 is 1.80 bits per heavy atom. The largest absolute Gasteiger partial charge is 0.316 e. The molecule has 1 atom stereocenters. The van der Waals surface area contributed by atoms with Crippen molar-refractivity contribution in [2.24, 2.45) is 5.92 Å². The first-order valence-electron chi connectivity index (χ1n) is 6.34. The molecule has 1 aromatic rings. The standard InChI is InChI=1S/C13H20Cl2N2O2S/c1-8(2)9(3)17-20(18,19)12-6-11(14)5-10(7-16-4)13(12)15/h5-6,8-9,16-17H,7H2,1-4H3. The van der Waals surface area contributed by atoms with E-state index >= 15 is 0 Å². The molecule has 7 heteroatoms. The predicted molar refractivity (Wildman–Crippen MR) is 83.8 cm³/mol. The average molecular weight is 339 g/mol. The van der Waals surface area contributed by atoms with E-state index in [4.69, 9.17) is 23.2 Å². The van der Waals surface area contributed by atoms with Gasteiger partial charge in [-0.3, -0.25) is 0 Å². The van der Waals surface area contributed by atoms with Gasteiger partial charge in [0.25, 0.3) is 0 Å². The van der Waals surface area contributed by atoms with Gasteiger partial charge in [-0.25, -0.2) is 13.1 Å². The average Bonchev–Trinajstić information content (AvgIpc) is 2.32. The lowest BCUT2D eigenvalue weighted by Crippen LogP contribution is -2.36. The van der Waals surface area contributed by atoms with E-state index in [1.165, 1.54) is 6.07 Å². The molecule has 2 N–H and O–H groups in total. The van der Waals surface area contributed by atoms with E-state index in [-0.39, 0.29) is 21.9 Å². The van der Waals surface area contributed by atoms with Crippen LogP contribution in [-0.2, 0) is 16.6 Å². The minimum atomic E-state index is -3.69. The van der Waals surface area contributed by atoms with E-state index in [1.807, 2.05) is 20.8 Å². The molecule has 0 heterocycles. The molecule has 0 aromatic heterocycles. The number of halogens is 2. The Bertz CT molecular complexity index is 574. The molecule has 114 valence electrons. The van der Waals surface area contributed by atoms with Crippen molar-refractivity contribution in [3.8, 4) is 0 Å². The first-order valence-corrected chi connectivity index (χ1v) is 8.57. The fourth-order valence-electron chi connectivity index (χ4n) is 1.58. The molecule has 0 aliphatic rings. The van der Waals surface area contributed by atoms with Crippen molar-refractivity contribution in [2.45, 2.75) is 38.3 Å². The van der Waals surface area contributed by atoms with Gasteiger partial charge in [0, 0.05) is 17.6 Å². The van der Waals surface area contributed by atoms with E-state index in [0.717, 1.165) is 0 Å². The van der Waals surface area contributed by atoms with Gasteiger partial charge < -0.3 is 5.32 Å². The fourth-order valence-corrected chi connectivity index (χ4v) is 3.90. The maximum Gasteiger partial charge on any atom is 0.242 e. The summed E-state index contributed by atoms with van der Waals surface area (Å²) in [6.45, 7) is 6.15. The maximum atomic E-state index is 12.4. The van der Waals surface area contributed by atoms with Crippen LogP contribution in [0.25, 0.3) is 0 Å². The van der Waals surface area contributed by atoms with Gasteiger partial charge in [0.05, 0.1) is 5.02 Å². The summed E-state index contributed by atoms with van der Waals surface area (Å²) >= 11 is 12.2. The zero-order chi connectivity index (χ0) is 15.5. The molecule has 1 aromatic carbocycles. The fraction of sp³-hybridized carbons (Fsp3) is 0.538. The van der Waals surface area contributed by atoms with Gasteiger partial charge in [-0.1, -0.05) is 37.0 Å². The number of rotatable bonds is 6. The summed E-state index contributed by atoms with van der Waals surface area (Å²) in [7, 11) is -1.94. The smallest absolute Gasteiger partial charge is 0.242 e. The lowest BCUT2D eigenvalue weighted by Gasteiger charge is -2.19. The zero-order valence-corrected chi connectivity index (χ0v) is 14.3. The highest BCUT2D eigenvalue weighted by atomic mass is 35.5. The van der Waals surface area contributed by atoms with Gasteiger partial charge in [0.2, 0.25) is 10.0 Å². The number of hydrogen-bond donors (Lipinski definition) is 2. The SMILES string of the molecule is CNCc1cc(Cl)cc(S(=O)(=O)NC(C)C(C)C)c1Cl. The highest BCUT2D eigenvalue weighted by molar-refractivity contribution is 7.89. The van der Waals surface area contributed by atoms with E-state index in [2.05, 4.69) is 10.0 Å². The van der Waals surface area contributed by atoms with Gasteiger partial charge in [-0.2, -0.15) is 0 Å². The molecule has 0 radical (unpaired) electrons. The Morgan fingerprint density at radius 1 is 1.20 bits per heavy atom. The second kappa shape index (κ2) is 7.09. The van der Waals surface area contributed by atoms with Gasteiger partial charge >= 0.3 is 0 Å². The Labute approximate surface area is 130 Å². The predicted octanol–water partition coefficient (Wildman–Crippen LogP) is 3.04. The van der Waals surface area contributed by atoms with Gasteiger partial charge in [0.1, 0.15) is 4.90 Å². The first-order chi connectivity index (χ1) is 9.19. The molecule has 20 heavy (non-hydrogen) atoms. The van der Waals surface area contributed by atoms with Crippen molar-refractivity contribution in [3.63, 3.8) is 0 Å². The number of sulfonamides is 1. The van der Waals surface area contributed by atoms with Crippen LogP contribution in [-0.4, -0.2) is 21.5 Å². The van der Waals surface area contributed by atoms with E-state index in [9.17, 15) is 8.42 Å². The van der Waals surface area contributed by atoms with Crippen LogP contribution >= 0.6 is 23.2 Å². The van der Waals surface area contributed by atoms with Gasteiger partial charge in [-0.15, -0.1) is 0 Å². The quantitative estimate of drug-likeness (QED) is 0.838. The summed E-state index contributed by atoms with van der Waals surface area (Å²) in [5.74, 6) is 0.180. The highest BCUT2D eigenvalue weighted by Crippen LogP contribution is 2.29. The van der Waals surface area contributed by atoms with Crippen LogP contribution in [0, 0.1) is 5.92 Å². The molecule has 0 amide bonds. The summed E-state index contributed by atoms with van der Waals surface area (Å²) in [6.07, 6.45) is 0. The van der Waals surface area contributed by atoms with Crippen LogP contribution in [0.1, 0.15) is 26.3 Å². The molecule has 0 spiro atoms. The third kappa shape index (κ3) is 4.33. The first kappa shape index (κ1) is 17.7. The molecule has 0 bridgehead atoms. The Kier molecular flexibility index (Phi) is 6.28. The molecule has 4 nitrogen and oxygen atoms in total. The Balaban J connectivity index is 3.24. The van der Waals surface area contributed by atoms with Crippen molar-refractivity contribution in [2.75, 3.05) is 7.05 Å². The van der Waals surface area contributed by atoms with Crippen LogP contribution < -0.4 is 10.0 Å². The molecule has 1 rings (SSSR count). The van der Waals surface area contributed by atoms with Crippen molar-refractivity contribution in [1.82, 2.24) is 10.0 Å². The summed E-state index contributed by atoms with van der Waals surface area (Å²) in [6, 6.07) is 2.84. The van der Waals surface area contributed by atoms with Gasteiger partial charge in [-0.05, 0) is 37.6 Å². The number of hydrogen-bond acceptors (Lipinski definition) is 3. The summed E-state index contributed by atoms with van der Waals surface area (Å²) in [5, 5.41) is 3.48. The van der Waals surface area contributed by atoms with E-state index in [0.29, 0.717) is 17.1 Å². The van der Waals surface area contributed by atoms with Crippen molar-refractivity contribution < 1.29 is 8.42 Å². The lowest BCUT2D eigenvalue weighted by molar-refractivity contribution is 0.476. The number of benzene rings is 1. The Hall–Kier alpha value is -0.330. The van der Waals surface area contributed by atoms with Crippen LogP contribution in [0.4, 0.5) is 0 Å². The molecule has 0 fully saturated rings.